The first-order valence-corrected chi connectivity index (χ1v) is 5.88. The molecule has 3 heteroatoms. The number of benzene rings is 1. The summed E-state index contributed by atoms with van der Waals surface area (Å²) >= 11 is 0. The Morgan fingerprint density at radius 1 is 1.24 bits per heavy atom. The summed E-state index contributed by atoms with van der Waals surface area (Å²) < 4.78 is 10.6. The minimum absolute atomic E-state index is 0.283. The maximum Gasteiger partial charge on any atom is 0.119 e. The highest BCUT2D eigenvalue weighted by molar-refractivity contribution is 5.71. The molecule has 0 N–H and O–H groups in total. The van der Waals surface area contributed by atoms with E-state index in [9.17, 15) is 0 Å². The van der Waals surface area contributed by atoms with Crippen LogP contribution in [0.2, 0.25) is 0 Å². The zero-order valence-corrected chi connectivity index (χ0v) is 11.1. The smallest absolute Gasteiger partial charge is 0.119 e. The van der Waals surface area contributed by atoms with Crippen molar-refractivity contribution in [2.75, 3.05) is 14.2 Å². The second kappa shape index (κ2) is 6.40. The summed E-state index contributed by atoms with van der Waals surface area (Å²) in [6.45, 7) is 4.18. The van der Waals surface area contributed by atoms with Crippen LogP contribution in [0.3, 0.4) is 0 Å². The van der Waals surface area contributed by atoms with Gasteiger partial charge in [0.15, 0.2) is 0 Å². The van der Waals surface area contributed by atoms with Crippen LogP contribution in [0, 0.1) is 0 Å². The molecule has 0 amide bonds. The molecule has 0 spiro atoms. The molecule has 0 unspecified atom stereocenters. The molecule has 1 rings (SSSR count). The van der Waals surface area contributed by atoms with Gasteiger partial charge >= 0.3 is 0 Å². The van der Waals surface area contributed by atoms with E-state index < -0.39 is 0 Å². The van der Waals surface area contributed by atoms with Crippen LogP contribution in [0.4, 0.5) is 5.69 Å². The standard InChI is InChI=1S/C14H21NO2/c1-5-10-14(2,17-4)11-15-12-6-8-13(16-3)9-7-12/h6-9,11H,5,10H2,1-4H3/t14-/m0/s1. The number of rotatable bonds is 6. The molecular weight excluding hydrogens is 214 g/mol. The zero-order valence-electron chi connectivity index (χ0n) is 11.1. The van der Waals surface area contributed by atoms with E-state index in [1.807, 2.05) is 37.4 Å². The molecule has 1 atom stereocenters. The SMILES string of the molecule is CCC[C@@](C)(C=Nc1ccc(OC)cc1)OC. The maximum atomic E-state index is 5.47. The third kappa shape index (κ3) is 4.19. The summed E-state index contributed by atoms with van der Waals surface area (Å²) in [5.41, 5.74) is 0.625. The van der Waals surface area contributed by atoms with Crippen molar-refractivity contribution in [1.29, 1.82) is 0 Å². The molecule has 3 nitrogen and oxygen atoms in total. The molecule has 0 fully saturated rings. The Hall–Kier alpha value is -1.35. The van der Waals surface area contributed by atoms with Crippen LogP contribution >= 0.6 is 0 Å². The first kappa shape index (κ1) is 13.7. The summed E-state index contributed by atoms with van der Waals surface area (Å²) in [4.78, 5) is 4.44. The summed E-state index contributed by atoms with van der Waals surface area (Å²) in [7, 11) is 3.37. The molecule has 0 heterocycles. The van der Waals surface area contributed by atoms with Gasteiger partial charge in [-0.1, -0.05) is 13.3 Å². The van der Waals surface area contributed by atoms with Gasteiger partial charge in [-0.3, -0.25) is 4.99 Å². The van der Waals surface area contributed by atoms with E-state index in [1.165, 1.54) is 0 Å². The topological polar surface area (TPSA) is 30.8 Å². The van der Waals surface area contributed by atoms with E-state index in [0.717, 1.165) is 24.3 Å². The monoisotopic (exact) mass is 235 g/mol. The average molecular weight is 235 g/mol. The minimum atomic E-state index is -0.283. The minimum Gasteiger partial charge on any atom is -0.497 e. The highest BCUT2D eigenvalue weighted by Gasteiger charge is 2.19. The van der Waals surface area contributed by atoms with Gasteiger partial charge in [0.1, 0.15) is 5.75 Å². The summed E-state index contributed by atoms with van der Waals surface area (Å²) in [5, 5.41) is 0. The number of methoxy groups -OCH3 is 2. The molecule has 0 aromatic heterocycles. The second-order valence-corrected chi connectivity index (χ2v) is 4.22. The average Bonchev–Trinajstić information content (AvgIpc) is 2.37. The summed E-state index contributed by atoms with van der Waals surface area (Å²) in [6, 6.07) is 7.65. The third-order valence-electron chi connectivity index (χ3n) is 2.77. The lowest BCUT2D eigenvalue weighted by atomic mass is 10.0. The van der Waals surface area contributed by atoms with Crippen molar-refractivity contribution in [3.8, 4) is 5.75 Å². The molecule has 1 aromatic rings. The lowest BCUT2D eigenvalue weighted by Crippen LogP contribution is -2.28. The molecule has 0 aliphatic heterocycles. The normalized spacial score (nSPS) is 14.8. The Kier molecular flexibility index (Phi) is 5.16. The molecular formula is C14H21NO2. The second-order valence-electron chi connectivity index (χ2n) is 4.22. The van der Waals surface area contributed by atoms with Gasteiger partial charge in [-0.2, -0.15) is 0 Å². The van der Waals surface area contributed by atoms with Crippen LogP contribution in [0.1, 0.15) is 26.7 Å². The van der Waals surface area contributed by atoms with Crippen LogP contribution in [0.15, 0.2) is 29.3 Å². The quantitative estimate of drug-likeness (QED) is 0.705. The van der Waals surface area contributed by atoms with E-state index in [-0.39, 0.29) is 5.60 Å². The highest BCUT2D eigenvalue weighted by Crippen LogP contribution is 2.20. The van der Waals surface area contributed by atoms with Crippen molar-refractivity contribution in [2.45, 2.75) is 32.3 Å². The fraction of sp³-hybridized carbons (Fsp3) is 0.500. The largest absolute Gasteiger partial charge is 0.497 e. The number of aliphatic imine (C=N–C) groups is 1. The van der Waals surface area contributed by atoms with Crippen molar-refractivity contribution >= 4 is 11.9 Å². The first-order chi connectivity index (χ1) is 8.13. The van der Waals surface area contributed by atoms with Gasteiger partial charge in [0.2, 0.25) is 0 Å². The van der Waals surface area contributed by atoms with Crippen LogP contribution in [0.25, 0.3) is 0 Å². The van der Waals surface area contributed by atoms with Crippen LogP contribution in [-0.4, -0.2) is 26.0 Å². The first-order valence-electron chi connectivity index (χ1n) is 5.88. The fourth-order valence-corrected chi connectivity index (χ4v) is 1.60. The van der Waals surface area contributed by atoms with E-state index in [2.05, 4.69) is 11.9 Å². The maximum absolute atomic E-state index is 5.47. The molecule has 94 valence electrons. The number of hydrogen-bond donors (Lipinski definition) is 0. The van der Waals surface area contributed by atoms with Crippen LogP contribution < -0.4 is 4.74 Å². The molecule has 17 heavy (non-hydrogen) atoms. The molecule has 0 saturated carbocycles. The number of nitrogens with zero attached hydrogens (tertiary/aromatic N) is 1. The van der Waals surface area contributed by atoms with Gasteiger partial charge in [0, 0.05) is 13.3 Å². The Labute approximate surface area is 103 Å². The molecule has 0 aliphatic carbocycles. The van der Waals surface area contributed by atoms with Gasteiger partial charge in [0.25, 0.3) is 0 Å². The van der Waals surface area contributed by atoms with Gasteiger partial charge < -0.3 is 9.47 Å². The van der Waals surface area contributed by atoms with Crippen molar-refractivity contribution in [3.63, 3.8) is 0 Å². The number of hydrogen-bond acceptors (Lipinski definition) is 3. The zero-order chi connectivity index (χ0) is 12.7. The van der Waals surface area contributed by atoms with E-state index in [4.69, 9.17) is 9.47 Å². The molecule has 1 aromatic carbocycles. The van der Waals surface area contributed by atoms with Crippen molar-refractivity contribution in [3.05, 3.63) is 24.3 Å². The predicted octanol–water partition coefficient (Wildman–Crippen LogP) is 3.60. The Morgan fingerprint density at radius 2 is 1.88 bits per heavy atom. The van der Waals surface area contributed by atoms with E-state index in [1.54, 1.807) is 14.2 Å². The van der Waals surface area contributed by atoms with Gasteiger partial charge in [-0.05, 0) is 37.6 Å². The summed E-state index contributed by atoms with van der Waals surface area (Å²) in [6.07, 6.45) is 3.90. The number of ether oxygens (including phenoxy) is 2. The lowest BCUT2D eigenvalue weighted by Gasteiger charge is -2.22. The summed E-state index contributed by atoms with van der Waals surface area (Å²) in [5.74, 6) is 0.840. The lowest BCUT2D eigenvalue weighted by molar-refractivity contribution is 0.0626. The van der Waals surface area contributed by atoms with Gasteiger partial charge in [0.05, 0.1) is 18.4 Å². The molecule has 0 saturated heterocycles. The van der Waals surface area contributed by atoms with Gasteiger partial charge in [-0.15, -0.1) is 0 Å². The highest BCUT2D eigenvalue weighted by atomic mass is 16.5. The van der Waals surface area contributed by atoms with E-state index >= 15 is 0 Å². The van der Waals surface area contributed by atoms with Crippen molar-refractivity contribution in [1.82, 2.24) is 0 Å². The van der Waals surface area contributed by atoms with Crippen LogP contribution in [-0.2, 0) is 4.74 Å². The Bertz CT molecular complexity index is 359. The van der Waals surface area contributed by atoms with Crippen LogP contribution in [0.5, 0.6) is 5.75 Å². The van der Waals surface area contributed by atoms with Gasteiger partial charge in [-0.25, -0.2) is 0 Å². The Morgan fingerprint density at radius 3 is 2.35 bits per heavy atom. The molecule has 0 aliphatic rings. The molecule has 0 radical (unpaired) electrons. The van der Waals surface area contributed by atoms with Crippen molar-refractivity contribution < 1.29 is 9.47 Å². The Balaban J connectivity index is 2.74. The molecule has 0 bridgehead atoms. The van der Waals surface area contributed by atoms with E-state index in [0.29, 0.717) is 0 Å². The third-order valence-corrected chi connectivity index (χ3v) is 2.77. The fourth-order valence-electron chi connectivity index (χ4n) is 1.60. The van der Waals surface area contributed by atoms with Crippen molar-refractivity contribution in [2.24, 2.45) is 4.99 Å². The predicted molar refractivity (Wildman–Crippen MR) is 71.5 cm³/mol.